The first kappa shape index (κ1) is 29.7. The molecule has 8 nitrogen and oxygen atoms in total. The highest BCUT2D eigenvalue weighted by atomic mass is 32.2. The molecule has 0 unspecified atom stereocenters. The molecule has 4 N–H and O–H groups in total. The van der Waals surface area contributed by atoms with Crippen LogP contribution in [0.4, 0.5) is 4.79 Å². The van der Waals surface area contributed by atoms with E-state index >= 15 is 0 Å². The number of hydrogen-bond donors (Lipinski definition) is 3. The van der Waals surface area contributed by atoms with E-state index in [4.69, 9.17) is 10.5 Å². The molecule has 35 heavy (non-hydrogen) atoms. The van der Waals surface area contributed by atoms with Gasteiger partial charge in [-0.05, 0) is 63.5 Å². The Morgan fingerprint density at radius 2 is 1.86 bits per heavy atom. The lowest BCUT2D eigenvalue weighted by Gasteiger charge is -2.37. The topological polar surface area (TPSA) is 114 Å². The van der Waals surface area contributed by atoms with Gasteiger partial charge in [-0.2, -0.15) is 11.8 Å². The Hall–Kier alpha value is -1.48. The van der Waals surface area contributed by atoms with Crippen LogP contribution in [0.15, 0.2) is 0 Å². The van der Waals surface area contributed by atoms with E-state index in [1.807, 2.05) is 20.8 Å². The van der Waals surface area contributed by atoms with Gasteiger partial charge in [-0.15, -0.1) is 0 Å². The molecule has 0 bridgehead atoms. The Kier molecular flexibility index (Phi) is 12.2. The maximum absolute atomic E-state index is 13.9. The first-order chi connectivity index (χ1) is 16.5. The molecule has 0 aromatic heterocycles. The van der Waals surface area contributed by atoms with Gasteiger partial charge in [-0.1, -0.05) is 40.0 Å². The van der Waals surface area contributed by atoms with Crippen LogP contribution >= 0.6 is 11.8 Å². The molecule has 2 fully saturated rings. The monoisotopic (exact) mass is 512 g/mol. The Morgan fingerprint density at radius 3 is 2.49 bits per heavy atom. The van der Waals surface area contributed by atoms with Gasteiger partial charge in [0.05, 0.1) is 6.61 Å². The van der Waals surface area contributed by atoms with E-state index in [0.29, 0.717) is 37.8 Å². The van der Waals surface area contributed by atoms with Crippen molar-refractivity contribution in [1.82, 2.24) is 15.5 Å². The molecule has 1 aliphatic carbocycles. The van der Waals surface area contributed by atoms with Crippen LogP contribution in [0, 0.1) is 11.8 Å². The Bertz CT molecular complexity index is 697. The molecule has 1 saturated carbocycles. The van der Waals surface area contributed by atoms with Gasteiger partial charge in [-0.25, -0.2) is 4.79 Å². The average molecular weight is 513 g/mol. The van der Waals surface area contributed by atoms with E-state index in [0.717, 1.165) is 25.0 Å². The van der Waals surface area contributed by atoms with E-state index < -0.39 is 22.9 Å². The third-order valence-electron chi connectivity index (χ3n) is 7.02. The summed E-state index contributed by atoms with van der Waals surface area (Å²) in [6.07, 6.45) is 7.50. The number of carbonyl (C=O) groups is 3. The van der Waals surface area contributed by atoms with Crippen molar-refractivity contribution in [2.24, 2.45) is 17.6 Å². The third-order valence-corrected chi connectivity index (χ3v) is 8.44. The Balaban J connectivity index is 2.13. The molecule has 1 aliphatic heterocycles. The lowest BCUT2D eigenvalue weighted by Crippen LogP contribution is -2.60. The number of hydrogen-bond acceptors (Lipinski definition) is 6. The standard InChI is InChI=1S/C26H48N4O4S/c1-6-13-34-25(33)29-22(26(4,5)35-14-12-18(2)3)24(32)30-17-20(27)15-21(30)23(31)28-16-19-10-8-7-9-11-19/h18-22H,6-17,27H2,1-5H3,(H,28,31)(H,29,33)/t20-,21+,22+/m1/s1. The average Bonchev–Trinajstić information content (AvgIpc) is 3.21. The summed E-state index contributed by atoms with van der Waals surface area (Å²) in [6.45, 7) is 11.4. The van der Waals surface area contributed by atoms with Crippen LogP contribution in [0.3, 0.4) is 0 Å². The smallest absolute Gasteiger partial charge is 0.407 e. The summed E-state index contributed by atoms with van der Waals surface area (Å²) in [7, 11) is 0. The second-order valence-corrected chi connectivity index (χ2v) is 12.8. The lowest BCUT2D eigenvalue weighted by molar-refractivity contribution is -0.140. The minimum absolute atomic E-state index is 0.144. The molecular formula is C26H48N4O4S. The largest absolute Gasteiger partial charge is 0.450 e. The molecule has 0 aromatic rings. The predicted molar refractivity (Wildman–Crippen MR) is 142 cm³/mol. The minimum Gasteiger partial charge on any atom is -0.450 e. The molecule has 9 heteroatoms. The molecule has 3 amide bonds. The molecule has 1 heterocycles. The summed E-state index contributed by atoms with van der Waals surface area (Å²) in [5.41, 5.74) is 6.23. The molecule has 0 radical (unpaired) electrons. The van der Waals surface area contributed by atoms with Crippen molar-refractivity contribution >= 4 is 29.7 Å². The normalized spacial score (nSPS) is 22.2. The van der Waals surface area contributed by atoms with Crippen molar-refractivity contribution in [3.05, 3.63) is 0 Å². The zero-order valence-electron chi connectivity index (χ0n) is 22.4. The van der Waals surface area contributed by atoms with Crippen LogP contribution < -0.4 is 16.4 Å². The molecule has 202 valence electrons. The minimum atomic E-state index is -0.831. The SMILES string of the molecule is CCCOC(=O)N[C@@H](C(=O)N1C[C@H](N)C[C@H]1C(=O)NCC1CCCCC1)C(C)(C)SCCC(C)C. The maximum atomic E-state index is 13.9. The zero-order valence-corrected chi connectivity index (χ0v) is 23.3. The number of thioether (sulfide) groups is 1. The van der Waals surface area contributed by atoms with E-state index in [1.165, 1.54) is 19.3 Å². The second-order valence-electron chi connectivity index (χ2n) is 11.1. The summed E-state index contributed by atoms with van der Waals surface area (Å²) in [5, 5.41) is 5.91. The number of carbonyl (C=O) groups excluding carboxylic acids is 3. The highest BCUT2D eigenvalue weighted by Gasteiger charge is 2.46. The summed E-state index contributed by atoms with van der Waals surface area (Å²) >= 11 is 1.66. The van der Waals surface area contributed by atoms with Gasteiger partial charge in [0.15, 0.2) is 0 Å². The van der Waals surface area contributed by atoms with Gasteiger partial charge in [0.1, 0.15) is 12.1 Å². The van der Waals surface area contributed by atoms with E-state index in [2.05, 4.69) is 24.5 Å². The molecular weight excluding hydrogens is 464 g/mol. The number of alkyl carbamates (subject to hydrolysis) is 1. The molecule has 0 spiro atoms. The number of nitrogens with two attached hydrogens (primary N) is 1. The number of rotatable bonds is 12. The Labute approximate surface area is 216 Å². The van der Waals surface area contributed by atoms with Gasteiger partial charge in [0, 0.05) is 23.9 Å². The number of amides is 3. The fourth-order valence-corrected chi connectivity index (χ4v) is 6.25. The number of ether oxygens (including phenoxy) is 1. The zero-order chi connectivity index (χ0) is 26.0. The molecule has 0 aromatic carbocycles. The molecule has 3 atom stereocenters. The number of nitrogens with zero attached hydrogens (tertiary/aromatic N) is 1. The van der Waals surface area contributed by atoms with Crippen LogP contribution in [0.25, 0.3) is 0 Å². The maximum Gasteiger partial charge on any atom is 0.407 e. The first-order valence-corrected chi connectivity index (χ1v) is 14.4. The van der Waals surface area contributed by atoms with Crippen LogP contribution in [0.1, 0.15) is 86.0 Å². The number of nitrogens with one attached hydrogen (secondary N) is 2. The van der Waals surface area contributed by atoms with E-state index in [9.17, 15) is 14.4 Å². The van der Waals surface area contributed by atoms with Crippen LogP contribution in [-0.4, -0.2) is 71.1 Å². The quantitative estimate of drug-likeness (QED) is 0.368. The van der Waals surface area contributed by atoms with Gasteiger partial charge in [0.2, 0.25) is 11.8 Å². The van der Waals surface area contributed by atoms with Crippen LogP contribution in [0.5, 0.6) is 0 Å². The first-order valence-electron chi connectivity index (χ1n) is 13.5. The van der Waals surface area contributed by atoms with Gasteiger partial charge >= 0.3 is 6.09 Å². The highest BCUT2D eigenvalue weighted by Crippen LogP contribution is 2.32. The van der Waals surface area contributed by atoms with E-state index in [1.54, 1.807) is 16.7 Å². The summed E-state index contributed by atoms with van der Waals surface area (Å²) in [5.74, 6) is 1.50. The fraction of sp³-hybridized carbons (Fsp3) is 0.885. The van der Waals surface area contributed by atoms with Crippen molar-refractivity contribution < 1.29 is 19.1 Å². The molecule has 1 saturated heterocycles. The molecule has 2 aliphatic rings. The number of likely N-dealkylation sites (tertiary alicyclic amines) is 1. The lowest BCUT2D eigenvalue weighted by atomic mass is 9.89. The van der Waals surface area contributed by atoms with Gasteiger partial charge < -0.3 is 26.0 Å². The van der Waals surface area contributed by atoms with Crippen molar-refractivity contribution in [3.63, 3.8) is 0 Å². The summed E-state index contributed by atoms with van der Waals surface area (Å²) in [4.78, 5) is 41.1. The van der Waals surface area contributed by atoms with Crippen molar-refractivity contribution in [2.75, 3.05) is 25.4 Å². The van der Waals surface area contributed by atoms with Crippen molar-refractivity contribution in [3.8, 4) is 0 Å². The summed E-state index contributed by atoms with van der Waals surface area (Å²) < 4.78 is 4.65. The van der Waals surface area contributed by atoms with E-state index in [-0.39, 0.29) is 24.5 Å². The molecule has 2 rings (SSSR count). The third kappa shape index (κ3) is 9.48. The predicted octanol–water partition coefficient (Wildman–Crippen LogP) is 3.67. The van der Waals surface area contributed by atoms with Crippen molar-refractivity contribution in [1.29, 1.82) is 0 Å². The van der Waals surface area contributed by atoms with Crippen LogP contribution in [-0.2, 0) is 14.3 Å². The Morgan fingerprint density at radius 1 is 1.17 bits per heavy atom. The highest BCUT2D eigenvalue weighted by molar-refractivity contribution is 8.00. The fourth-order valence-electron chi connectivity index (χ4n) is 4.81. The van der Waals surface area contributed by atoms with Crippen molar-refractivity contribution in [2.45, 2.75) is 109 Å². The summed E-state index contributed by atoms with van der Waals surface area (Å²) in [6, 6.07) is -1.72. The second kappa shape index (κ2) is 14.3. The van der Waals surface area contributed by atoms with Gasteiger partial charge in [0.25, 0.3) is 0 Å². The van der Waals surface area contributed by atoms with Crippen LogP contribution in [0.2, 0.25) is 0 Å². The van der Waals surface area contributed by atoms with Gasteiger partial charge in [-0.3, -0.25) is 9.59 Å².